The van der Waals surface area contributed by atoms with E-state index in [1.165, 1.54) is 11.1 Å². The van der Waals surface area contributed by atoms with Gasteiger partial charge < -0.3 is 15.4 Å². The van der Waals surface area contributed by atoms with E-state index in [2.05, 4.69) is 58.6 Å². The van der Waals surface area contributed by atoms with Crippen LogP contribution >= 0.6 is 24.0 Å². The summed E-state index contributed by atoms with van der Waals surface area (Å²) >= 11 is 0. The maximum absolute atomic E-state index is 5.36. The predicted molar refractivity (Wildman–Crippen MR) is 112 cm³/mol. The minimum absolute atomic E-state index is 0. The van der Waals surface area contributed by atoms with Gasteiger partial charge in [0.1, 0.15) is 0 Å². The first-order valence-electron chi connectivity index (χ1n) is 8.50. The average molecular weight is 446 g/mol. The molecule has 0 radical (unpaired) electrons. The van der Waals surface area contributed by atoms with Crippen molar-refractivity contribution >= 4 is 29.9 Å². The fourth-order valence-corrected chi connectivity index (χ4v) is 2.64. The summed E-state index contributed by atoms with van der Waals surface area (Å²) in [4.78, 5) is 6.72. The fourth-order valence-electron chi connectivity index (χ4n) is 2.64. The van der Waals surface area contributed by atoms with Crippen LogP contribution in [0.3, 0.4) is 0 Å². The molecule has 1 fully saturated rings. The van der Waals surface area contributed by atoms with Crippen molar-refractivity contribution in [1.29, 1.82) is 0 Å². The first kappa shape index (κ1) is 21.2. The summed E-state index contributed by atoms with van der Waals surface area (Å²) < 4.78 is 5.36. The molecule has 6 heteroatoms. The lowest BCUT2D eigenvalue weighted by Gasteiger charge is -2.26. The second-order valence-electron chi connectivity index (χ2n) is 6.15. The molecule has 24 heavy (non-hydrogen) atoms. The van der Waals surface area contributed by atoms with Gasteiger partial charge in [0, 0.05) is 39.8 Å². The first-order chi connectivity index (χ1) is 11.2. The minimum Gasteiger partial charge on any atom is -0.379 e. The Kier molecular flexibility index (Phi) is 10.3. The van der Waals surface area contributed by atoms with Crippen LogP contribution in [-0.2, 0) is 4.74 Å². The molecule has 0 spiro atoms. The Morgan fingerprint density at radius 2 is 1.88 bits per heavy atom. The molecule has 1 saturated heterocycles. The molecule has 1 aliphatic heterocycles. The molecule has 1 atom stereocenters. The van der Waals surface area contributed by atoms with Gasteiger partial charge in [-0.05, 0) is 18.4 Å². The lowest BCUT2D eigenvalue weighted by atomic mass is 10.0. The smallest absolute Gasteiger partial charge is 0.191 e. The number of rotatable bonds is 6. The molecule has 2 N–H and O–H groups in total. The van der Waals surface area contributed by atoms with Gasteiger partial charge in [0.05, 0.1) is 13.2 Å². The third-order valence-corrected chi connectivity index (χ3v) is 4.27. The molecule has 1 aromatic rings. The van der Waals surface area contributed by atoms with Crippen LogP contribution < -0.4 is 10.6 Å². The monoisotopic (exact) mass is 446 g/mol. The van der Waals surface area contributed by atoms with Crippen LogP contribution in [0.4, 0.5) is 0 Å². The number of benzene rings is 1. The highest BCUT2D eigenvalue weighted by atomic mass is 127. The maximum atomic E-state index is 5.36. The van der Waals surface area contributed by atoms with Crippen LogP contribution in [0.1, 0.15) is 24.0 Å². The maximum Gasteiger partial charge on any atom is 0.191 e. The largest absolute Gasteiger partial charge is 0.379 e. The van der Waals surface area contributed by atoms with Crippen LogP contribution in [0.5, 0.6) is 0 Å². The quantitative estimate of drug-likeness (QED) is 0.400. The summed E-state index contributed by atoms with van der Waals surface area (Å²) in [5.41, 5.74) is 2.65. The van der Waals surface area contributed by atoms with Crippen molar-refractivity contribution in [1.82, 2.24) is 15.5 Å². The zero-order chi connectivity index (χ0) is 16.5. The molecule has 1 aliphatic rings. The number of aliphatic imine (C=N–C) groups is 1. The first-order valence-corrected chi connectivity index (χ1v) is 8.50. The van der Waals surface area contributed by atoms with Crippen molar-refractivity contribution < 1.29 is 4.74 Å². The molecule has 2 rings (SSSR count). The number of nitrogens with zero attached hydrogens (tertiary/aromatic N) is 2. The number of morpholine rings is 1. The highest BCUT2D eigenvalue weighted by molar-refractivity contribution is 14.0. The van der Waals surface area contributed by atoms with Crippen LogP contribution in [0.15, 0.2) is 29.3 Å². The number of nitrogens with one attached hydrogen (secondary N) is 2. The molecule has 0 amide bonds. The standard InChI is InChI=1S/C18H30N4O.HI/c1-15-4-6-17(7-5-15)16(2)14-21-18(19-3)20-8-9-22-10-12-23-13-11-22;/h4-7,16H,8-14H2,1-3H3,(H2,19,20,21);1H. The van der Waals surface area contributed by atoms with E-state index >= 15 is 0 Å². The van der Waals surface area contributed by atoms with Crippen molar-refractivity contribution in [3.63, 3.8) is 0 Å². The molecule has 1 heterocycles. The predicted octanol–water partition coefficient (Wildman–Crippen LogP) is 2.21. The number of ether oxygens (including phenoxy) is 1. The van der Waals surface area contributed by atoms with E-state index in [9.17, 15) is 0 Å². The molecule has 0 bridgehead atoms. The average Bonchev–Trinajstić information content (AvgIpc) is 2.59. The summed E-state index contributed by atoms with van der Waals surface area (Å²) in [7, 11) is 1.82. The molecule has 5 nitrogen and oxygen atoms in total. The number of hydrogen-bond donors (Lipinski definition) is 2. The van der Waals surface area contributed by atoms with E-state index in [-0.39, 0.29) is 24.0 Å². The van der Waals surface area contributed by atoms with E-state index in [0.29, 0.717) is 5.92 Å². The zero-order valence-corrected chi connectivity index (χ0v) is 17.4. The Labute approximate surface area is 163 Å². The Balaban J connectivity index is 0.00000288. The summed E-state index contributed by atoms with van der Waals surface area (Å²) in [6.45, 7) is 10.9. The topological polar surface area (TPSA) is 48.9 Å². The summed E-state index contributed by atoms with van der Waals surface area (Å²) in [5, 5.41) is 6.80. The van der Waals surface area contributed by atoms with Crippen LogP contribution in [-0.4, -0.2) is 63.8 Å². The lowest BCUT2D eigenvalue weighted by Crippen LogP contribution is -2.45. The molecular weight excluding hydrogens is 415 g/mol. The number of guanidine groups is 1. The van der Waals surface area contributed by atoms with Gasteiger partial charge in [-0.25, -0.2) is 0 Å². The normalized spacial score (nSPS) is 17.0. The number of halogens is 1. The van der Waals surface area contributed by atoms with E-state index in [1.54, 1.807) is 0 Å². The highest BCUT2D eigenvalue weighted by Crippen LogP contribution is 2.14. The number of aryl methyl sites for hydroxylation is 1. The molecule has 0 aromatic heterocycles. The van der Waals surface area contributed by atoms with Crippen molar-refractivity contribution in [2.75, 3.05) is 53.0 Å². The minimum atomic E-state index is 0. The highest BCUT2D eigenvalue weighted by Gasteiger charge is 2.10. The van der Waals surface area contributed by atoms with E-state index in [4.69, 9.17) is 4.74 Å². The molecule has 0 aliphatic carbocycles. The Morgan fingerprint density at radius 1 is 1.21 bits per heavy atom. The van der Waals surface area contributed by atoms with E-state index < -0.39 is 0 Å². The molecule has 0 saturated carbocycles. The van der Waals surface area contributed by atoms with Gasteiger partial charge in [0.2, 0.25) is 0 Å². The van der Waals surface area contributed by atoms with Gasteiger partial charge >= 0.3 is 0 Å². The van der Waals surface area contributed by atoms with Crippen LogP contribution in [0.25, 0.3) is 0 Å². The van der Waals surface area contributed by atoms with Crippen molar-refractivity contribution in [3.8, 4) is 0 Å². The van der Waals surface area contributed by atoms with Crippen LogP contribution in [0.2, 0.25) is 0 Å². The number of hydrogen-bond acceptors (Lipinski definition) is 3. The Morgan fingerprint density at radius 3 is 2.50 bits per heavy atom. The van der Waals surface area contributed by atoms with Gasteiger partial charge in [-0.2, -0.15) is 0 Å². The summed E-state index contributed by atoms with van der Waals surface area (Å²) in [5.74, 6) is 1.32. The van der Waals surface area contributed by atoms with Gasteiger partial charge in [0.25, 0.3) is 0 Å². The zero-order valence-electron chi connectivity index (χ0n) is 15.0. The Hall–Kier alpha value is -0.860. The van der Waals surface area contributed by atoms with Crippen molar-refractivity contribution in [2.24, 2.45) is 4.99 Å². The molecule has 136 valence electrons. The fraction of sp³-hybridized carbons (Fsp3) is 0.611. The second kappa shape index (κ2) is 11.7. The Bertz CT molecular complexity index is 486. The summed E-state index contributed by atoms with van der Waals surface area (Å²) in [6.07, 6.45) is 0. The van der Waals surface area contributed by atoms with E-state index in [1.807, 2.05) is 7.05 Å². The van der Waals surface area contributed by atoms with Crippen LogP contribution in [0, 0.1) is 6.92 Å². The summed E-state index contributed by atoms with van der Waals surface area (Å²) in [6, 6.07) is 8.75. The third-order valence-electron chi connectivity index (χ3n) is 4.27. The van der Waals surface area contributed by atoms with E-state index in [0.717, 1.165) is 51.9 Å². The van der Waals surface area contributed by atoms with Gasteiger partial charge in [-0.15, -0.1) is 24.0 Å². The molecular formula is C18H31IN4O. The SMILES string of the molecule is CN=C(NCCN1CCOCC1)NCC(C)c1ccc(C)cc1.I. The lowest BCUT2D eigenvalue weighted by molar-refractivity contribution is 0.0389. The van der Waals surface area contributed by atoms with Crippen molar-refractivity contribution in [3.05, 3.63) is 35.4 Å². The second-order valence-corrected chi connectivity index (χ2v) is 6.15. The molecule has 1 unspecified atom stereocenters. The van der Waals surface area contributed by atoms with Gasteiger partial charge in [-0.1, -0.05) is 36.8 Å². The molecule has 1 aromatic carbocycles. The third kappa shape index (κ3) is 7.36. The van der Waals surface area contributed by atoms with Crippen molar-refractivity contribution in [2.45, 2.75) is 19.8 Å². The van der Waals surface area contributed by atoms with Gasteiger partial charge in [0.15, 0.2) is 5.96 Å². The van der Waals surface area contributed by atoms with Gasteiger partial charge in [-0.3, -0.25) is 9.89 Å².